The maximum atomic E-state index is 5.00. The molecule has 0 radical (unpaired) electrons. The Balaban J connectivity index is 1.60. The molecular formula is C21H25N5. The Labute approximate surface area is 154 Å². The van der Waals surface area contributed by atoms with Gasteiger partial charge in [0.25, 0.3) is 0 Å². The molecule has 0 spiro atoms. The van der Waals surface area contributed by atoms with E-state index in [0.29, 0.717) is 12.0 Å². The molecule has 0 amide bonds. The van der Waals surface area contributed by atoms with Crippen LogP contribution in [-0.2, 0) is 6.54 Å². The molecule has 3 aromatic rings. The molecule has 1 fully saturated rings. The predicted molar refractivity (Wildman–Crippen MR) is 102 cm³/mol. The molecule has 0 aromatic carbocycles. The molecule has 5 nitrogen and oxygen atoms in total. The van der Waals surface area contributed by atoms with Crippen LogP contribution < -0.4 is 0 Å². The number of aromatic nitrogens is 4. The van der Waals surface area contributed by atoms with Crippen molar-refractivity contribution in [2.24, 2.45) is 0 Å². The number of pyridine rings is 2. The lowest BCUT2D eigenvalue weighted by atomic mass is 10.1. The summed E-state index contributed by atoms with van der Waals surface area (Å²) in [7, 11) is 0. The van der Waals surface area contributed by atoms with E-state index in [1.165, 1.54) is 12.0 Å². The molecule has 1 aliphatic heterocycles. The van der Waals surface area contributed by atoms with E-state index in [0.717, 1.165) is 36.8 Å². The molecule has 4 rings (SSSR count). The van der Waals surface area contributed by atoms with Crippen LogP contribution in [0.4, 0.5) is 0 Å². The topological polar surface area (TPSA) is 46.8 Å². The summed E-state index contributed by atoms with van der Waals surface area (Å²) in [5.41, 5.74) is 2.40. The van der Waals surface area contributed by atoms with Gasteiger partial charge < -0.3 is 0 Å². The van der Waals surface area contributed by atoms with E-state index < -0.39 is 0 Å². The van der Waals surface area contributed by atoms with Gasteiger partial charge in [-0.3, -0.25) is 14.5 Å². The molecule has 5 heteroatoms. The maximum absolute atomic E-state index is 5.00. The van der Waals surface area contributed by atoms with Gasteiger partial charge in [-0.05, 0) is 43.1 Å². The molecule has 1 saturated heterocycles. The minimum absolute atomic E-state index is 0.362. The van der Waals surface area contributed by atoms with Crippen molar-refractivity contribution in [3.05, 3.63) is 72.2 Å². The second kappa shape index (κ2) is 7.38. The minimum Gasteiger partial charge on any atom is -0.290 e. The monoisotopic (exact) mass is 347 g/mol. The van der Waals surface area contributed by atoms with Crippen LogP contribution in [0.1, 0.15) is 55.7 Å². The Hall–Kier alpha value is -2.53. The van der Waals surface area contributed by atoms with Gasteiger partial charge in [0.1, 0.15) is 11.6 Å². The van der Waals surface area contributed by atoms with Crippen LogP contribution in [0.3, 0.4) is 0 Å². The van der Waals surface area contributed by atoms with Crippen LogP contribution in [0.5, 0.6) is 0 Å². The standard InChI is InChI=1S/C21H25N5/c1-16(2)21-23-11-13-26(21)20-9-3-7-18(24-20)19-8-5-12-25(19)15-17-6-4-10-22-14-17/h3-4,6-7,9-11,13-14,16,19H,5,8,12,15H2,1-2H3/t19-/m0/s1. The van der Waals surface area contributed by atoms with Crippen LogP contribution in [-0.4, -0.2) is 31.0 Å². The van der Waals surface area contributed by atoms with Gasteiger partial charge in [-0.1, -0.05) is 26.0 Å². The number of rotatable bonds is 5. The van der Waals surface area contributed by atoms with E-state index >= 15 is 0 Å². The highest BCUT2D eigenvalue weighted by Crippen LogP contribution is 2.32. The molecule has 0 N–H and O–H groups in total. The number of hydrogen-bond acceptors (Lipinski definition) is 4. The predicted octanol–water partition coefficient (Wildman–Crippen LogP) is 4.12. The maximum Gasteiger partial charge on any atom is 0.138 e. The van der Waals surface area contributed by atoms with Gasteiger partial charge in [0.2, 0.25) is 0 Å². The fraction of sp³-hybridized carbons (Fsp3) is 0.381. The summed E-state index contributed by atoms with van der Waals surface area (Å²) >= 11 is 0. The van der Waals surface area contributed by atoms with E-state index in [2.05, 4.69) is 57.5 Å². The summed E-state index contributed by atoms with van der Waals surface area (Å²) in [5, 5.41) is 0. The summed E-state index contributed by atoms with van der Waals surface area (Å²) < 4.78 is 2.11. The van der Waals surface area contributed by atoms with Gasteiger partial charge in [-0.2, -0.15) is 0 Å². The quantitative estimate of drug-likeness (QED) is 0.696. The normalized spacial score (nSPS) is 17.9. The van der Waals surface area contributed by atoms with Crippen molar-refractivity contribution in [3.63, 3.8) is 0 Å². The second-order valence-corrected chi connectivity index (χ2v) is 7.22. The molecule has 1 atom stereocenters. The van der Waals surface area contributed by atoms with Crippen molar-refractivity contribution in [1.82, 2.24) is 24.4 Å². The van der Waals surface area contributed by atoms with Crippen molar-refractivity contribution in [3.8, 4) is 5.82 Å². The van der Waals surface area contributed by atoms with E-state index in [4.69, 9.17) is 4.98 Å². The van der Waals surface area contributed by atoms with E-state index in [1.807, 2.05) is 30.9 Å². The molecule has 0 saturated carbocycles. The SMILES string of the molecule is CC(C)c1nccn1-c1cccc([C@@H]2CCCN2Cc2cccnc2)n1. The third-order valence-corrected chi connectivity index (χ3v) is 5.00. The summed E-state index contributed by atoms with van der Waals surface area (Å²) in [4.78, 5) is 16.3. The number of hydrogen-bond donors (Lipinski definition) is 0. The van der Waals surface area contributed by atoms with Gasteiger partial charge in [0.05, 0.1) is 11.7 Å². The smallest absolute Gasteiger partial charge is 0.138 e. The fourth-order valence-electron chi connectivity index (χ4n) is 3.77. The molecule has 0 bridgehead atoms. The Morgan fingerprint density at radius 3 is 2.88 bits per heavy atom. The summed E-state index contributed by atoms with van der Waals surface area (Å²) in [6.07, 6.45) is 10.0. The highest BCUT2D eigenvalue weighted by Gasteiger charge is 2.27. The van der Waals surface area contributed by atoms with Gasteiger partial charge >= 0.3 is 0 Å². The first kappa shape index (κ1) is 16.9. The van der Waals surface area contributed by atoms with E-state index in [9.17, 15) is 0 Å². The average Bonchev–Trinajstić information content (AvgIpc) is 3.32. The zero-order valence-corrected chi connectivity index (χ0v) is 15.4. The number of likely N-dealkylation sites (tertiary alicyclic amines) is 1. The Morgan fingerprint density at radius 1 is 1.15 bits per heavy atom. The molecule has 3 aromatic heterocycles. The lowest BCUT2D eigenvalue weighted by molar-refractivity contribution is 0.244. The number of nitrogens with zero attached hydrogens (tertiary/aromatic N) is 5. The Bertz CT molecular complexity index is 856. The van der Waals surface area contributed by atoms with E-state index in [1.54, 1.807) is 0 Å². The van der Waals surface area contributed by atoms with Gasteiger partial charge in [-0.15, -0.1) is 0 Å². The molecule has 1 aliphatic rings. The van der Waals surface area contributed by atoms with Gasteiger partial charge in [-0.25, -0.2) is 9.97 Å². The van der Waals surface area contributed by atoms with Crippen LogP contribution in [0.2, 0.25) is 0 Å². The Morgan fingerprint density at radius 2 is 2.08 bits per heavy atom. The second-order valence-electron chi connectivity index (χ2n) is 7.22. The molecule has 26 heavy (non-hydrogen) atoms. The summed E-state index contributed by atoms with van der Waals surface area (Å²) in [6, 6.07) is 10.8. The molecule has 0 unspecified atom stereocenters. The lowest BCUT2D eigenvalue weighted by Gasteiger charge is -2.24. The zero-order chi connectivity index (χ0) is 17.9. The van der Waals surface area contributed by atoms with Crippen LogP contribution in [0, 0.1) is 0 Å². The third-order valence-electron chi connectivity index (χ3n) is 5.00. The molecular weight excluding hydrogens is 322 g/mol. The molecule has 134 valence electrons. The zero-order valence-electron chi connectivity index (χ0n) is 15.4. The highest BCUT2D eigenvalue weighted by molar-refractivity contribution is 5.29. The van der Waals surface area contributed by atoms with Gasteiger partial charge in [0.15, 0.2) is 0 Å². The summed E-state index contributed by atoms with van der Waals surface area (Å²) in [6.45, 7) is 6.35. The Kier molecular flexibility index (Phi) is 4.80. The minimum atomic E-state index is 0.362. The molecule has 0 aliphatic carbocycles. The van der Waals surface area contributed by atoms with Crippen LogP contribution in [0.15, 0.2) is 55.1 Å². The van der Waals surface area contributed by atoms with Crippen molar-refractivity contribution in [2.75, 3.05) is 6.54 Å². The molecule has 4 heterocycles. The van der Waals surface area contributed by atoms with Crippen LogP contribution in [0.25, 0.3) is 5.82 Å². The largest absolute Gasteiger partial charge is 0.290 e. The van der Waals surface area contributed by atoms with Crippen molar-refractivity contribution in [1.29, 1.82) is 0 Å². The van der Waals surface area contributed by atoms with Crippen molar-refractivity contribution in [2.45, 2.75) is 45.2 Å². The first-order chi connectivity index (χ1) is 12.7. The summed E-state index contributed by atoms with van der Waals surface area (Å²) in [5.74, 6) is 2.37. The lowest BCUT2D eigenvalue weighted by Crippen LogP contribution is -2.23. The fourth-order valence-corrected chi connectivity index (χ4v) is 3.77. The first-order valence-electron chi connectivity index (χ1n) is 9.36. The first-order valence-corrected chi connectivity index (χ1v) is 9.36. The van der Waals surface area contributed by atoms with Crippen molar-refractivity contribution < 1.29 is 0 Å². The van der Waals surface area contributed by atoms with Gasteiger partial charge in [0, 0.05) is 37.3 Å². The highest BCUT2D eigenvalue weighted by atomic mass is 15.2. The van der Waals surface area contributed by atoms with Crippen LogP contribution >= 0.6 is 0 Å². The van der Waals surface area contributed by atoms with E-state index in [-0.39, 0.29) is 0 Å². The van der Waals surface area contributed by atoms with Crippen molar-refractivity contribution >= 4 is 0 Å². The third kappa shape index (κ3) is 3.40. The number of imidazole rings is 1. The average molecular weight is 347 g/mol.